The maximum atomic E-state index is 11.4. The number of hydrogen-bond acceptors (Lipinski definition) is 3. The van der Waals surface area contributed by atoms with Crippen LogP contribution in [0.5, 0.6) is 0 Å². The van der Waals surface area contributed by atoms with Crippen molar-refractivity contribution in [3.63, 3.8) is 0 Å². The maximum Gasteiger partial charge on any atom is 0.326 e. The summed E-state index contributed by atoms with van der Waals surface area (Å²) < 4.78 is 0. The van der Waals surface area contributed by atoms with E-state index in [0.29, 0.717) is 6.42 Å². The Labute approximate surface area is 94.2 Å². The Morgan fingerprint density at radius 3 is 2.31 bits per heavy atom. The first kappa shape index (κ1) is 14.4. The van der Waals surface area contributed by atoms with Gasteiger partial charge in [-0.1, -0.05) is 13.8 Å². The van der Waals surface area contributed by atoms with E-state index in [1.807, 2.05) is 6.92 Å². The van der Waals surface area contributed by atoms with Crippen LogP contribution in [0, 0.1) is 5.92 Å². The van der Waals surface area contributed by atoms with Crippen LogP contribution in [0.15, 0.2) is 0 Å². The van der Waals surface area contributed by atoms with Crippen LogP contribution in [0.2, 0.25) is 0 Å². The Kier molecular flexibility index (Phi) is 6.14. The molecule has 0 aliphatic heterocycles. The van der Waals surface area contributed by atoms with Crippen molar-refractivity contribution in [2.75, 3.05) is 0 Å². The van der Waals surface area contributed by atoms with Gasteiger partial charge in [0, 0.05) is 12.3 Å². The average Bonchev–Trinajstić information content (AvgIpc) is 2.21. The molecule has 0 saturated heterocycles. The molecule has 0 bridgehead atoms. The number of aliphatic carboxylic acids is 1. The molecule has 4 N–H and O–H groups in total. The number of carbonyl (C=O) groups excluding carboxylic acids is 2. The van der Waals surface area contributed by atoms with E-state index in [1.165, 1.54) is 0 Å². The van der Waals surface area contributed by atoms with Crippen LogP contribution < -0.4 is 11.1 Å². The Morgan fingerprint density at radius 1 is 1.38 bits per heavy atom. The second-order valence-electron chi connectivity index (χ2n) is 3.71. The number of hydrogen-bond donors (Lipinski definition) is 3. The van der Waals surface area contributed by atoms with Crippen molar-refractivity contribution in [2.45, 2.75) is 39.2 Å². The van der Waals surface area contributed by atoms with E-state index in [4.69, 9.17) is 10.8 Å². The number of nitrogens with one attached hydrogen (secondary N) is 1. The monoisotopic (exact) mass is 230 g/mol. The van der Waals surface area contributed by atoms with Gasteiger partial charge < -0.3 is 16.2 Å². The highest BCUT2D eigenvalue weighted by Gasteiger charge is 2.22. The van der Waals surface area contributed by atoms with E-state index < -0.39 is 17.9 Å². The van der Waals surface area contributed by atoms with Crippen molar-refractivity contribution in [2.24, 2.45) is 11.7 Å². The number of amides is 2. The Hall–Kier alpha value is -1.59. The number of carboxylic acid groups (broad SMARTS) is 1. The largest absolute Gasteiger partial charge is 0.480 e. The molecular weight excluding hydrogens is 212 g/mol. The molecule has 16 heavy (non-hydrogen) atoms. The minimum atomic E-state index is -1.15. The molecular formula is C10H18N2O4. The molecule has 0 aromatic rings. The molecule has 0 fully saturated rings. The molecule has 6 nitrogen and oxygen atoms in total. The highest BCUT2D eigenvalue weighted by atomic mass is 16.4. The molecule has 0 rings (SSSR count). The van der Waals surface area contributed by atoms with Crippen molar-refractivity contribution < 1.29 is 19.5 Å². The lowest BCUT2D eigenvalue weighted by molar-refractivity contribution is -0.142. The van der Waals surface area contributed by atoms with E-state index in [0.717, 1.165) is 0 Å². The number of nitrogens with two attached hydrogens (primary N) is 1. The van der Waals surface area contributed by atoms with Crippen molar-refractivity contribution in [1.29, 1.82) is 0 Å². The van der Waals surface area contributed by atoms with Crippen molar-refractivity contribution >= 4 is 17.8 Å². The second-order valence-corrected chi connectivity index (χ2v) is 3.71. The van der Waals surface area contributed by atoms with Gasteiger partial charge in [-0.25, -0.2) is 4.79 Å². The first-order chi connectivity index (χ1) is 7.38. The Bertz CT molecular complexity index is 278. The van der Waals surface area contributed by atoms with Crippen molar-refractivity contribution in [3.05, 3.63) is 0 Å². The average molecular weight is 230 g/mol. The van der Waals surface area contributed by atoms with Gasteiger partial charge in [-0.2, -0.15) is 0 Å². The molecule has 0 heterocycles. The lowest BCUT2D eigenvalue weighted by atomic mass is 10.1. The summed E-state index contributed by atoms with van der Waals surface area (Å²) in [5.41, 5.74) is 4.91. The molecule has 0 aliphatic carbocycles. The zero-order valence-corrected chi connectivity index (χ0v) is 9.53. The molecule has 92 valence electrons. The third kappa shape index (κ3) is 5.33. The topological polar surface area (TPSA) is 109 Å². The third-order valence-electron chi connectivity index (χ3n) is 2.35. The summed E-state index contributed by atoms with van der Waals surface area (Å²) >= 11 is 0. The van der Waals surface area contributed by atoms with Gasteiger partial charge in [0.2, 0.25) is 11.8 Å². The molecule has 0 radical (unpaired) electrons. The molecule has 2 amide bonds. The SMILES string of the molecule is CCC(C)C(=O)NC(CCC(N)=O)C(=O)O. The summed E-state index contributed by atoms with van der Waals surface area (Å²) in [5.74, 6) is -2.29. The smallest absolute Gasteiger partial charge is 0.326 e. The van der Waals surface area contributed by atoms with Gasteiger partial charge in [0.05, 0.1) is 0 Å². The summed E-state index contributed by atoms with van der Waals surface area (Å²) in [4.78, 5) is 32.8. The van der Waals surface area contributed by atoms with Gasteiger partial charge in [-0.3, -0.25) is 9.59 Å². The third-order valence-corrected chi connectivity index (χ3v) is 2.35. The van der Waals surface area contributed by atoms with E-state index in [9.17, 15) is 14.4 Å². The second kappa shape index (κ2) is 6.81. The van der Waals surface area contributed by atoms with Gasteiger partial charge in [0.25, 0.3) is 0 Å². The zero-order chi connectivity index (χ0) is 12.7. The number of carbonyl (C=O) groups is 3. The standard InChI is InChI=1S/C10H18N2O4/c1-3-6(2)9(14)12-7(10(15)16)4-5-8(11)13/h6-7H,3-5H2,1-2H3,(H2,11,13)(H,12,14)(H,15,16). The molecule has 2 unspecified atom stereocenters. The molecule has 6 heteroatoms. The van der Waals surface area contributed by atoms with Crippen LogP contribution >= 0.6 is 0 Å². The lowest BCUT2D eigenvalue weighted by Crippen LogP contribution is -2.43. The zero-order valence-electron chi connectivity index (χ0n) is 9.53. The highest BCUT2D eigenvalue weighted by molar-refractivity contribution is 5.85. The maximum absolute atomic E-state index is 11.4. The lowest BCUT2D eigenvalue weighted by Gasteiger charge is -2.16. The van der Waals surface area contributed by atoms with Gasteiger partial charge in [0.15, 0.2) is 0 Å². The molecule has 2 atom stereocenters. The predicted octanol–water partition coefficient (Wildman–Crippen LogP) is -0.133. The normalized spacial score (nSPS) is 13.9. The van der Waals surface area contributed by atoms with Crippen LogP contribution in [0.3, 0.4) is 0 Å². The highest BCUT2D eigenvalue weighted by Crippen LogP contribution is 2.03. The summed E-state index contributed by atoms with van der Waals surface area (Å²) in [6, 6.07) is -1.05. The molecule has 0 aromatic heterocycles. The minimum Gasteiger partial charge on any atom is -0.480 e. The molecule has 0 aliphatic rings. The minimum absolute atomic E-state index is 0.0207. The summed E-state index contributed by atoms with van der Waals surface area (Å²) in [6.07, 6.45) is 0.596. The van der Waals surface area contributed by atoms with E-state index in [1.54, 1.807) is 6.92 Å². The number of rotatable bonds is 7. The quantitative estimate of drug-likeness (QED) is 0.565. The van der Waals surface area contributed by atoms with Crippen LogP contribution in [0.1, 0.15) is 33.1 Å². The van der Waals surface area contributed by atoms with Crippen molar-refractivity contribution in [3.8, 4) is 0 Å². The fraction of sp³-hybridized carbons (Fsp3) is 0.700. The molecule has 0 aromatic carbocycles. The van der Waals surface area contributed by atoms with E-state index in [2.05, 4.69) is 5.32 Å². The molecule has 0 spiro atoms. The number of carboxylic acids is 1. The van der Waals surface area contributed by atoms with Gasteiger partial charge in [0.1, 0.15) is 6.04 Å². The van der Waals surface area contributed by atoms with Gasteiger partial charge in [-0.05, 0) is 12.8 Å². The summed E-state index contributed by atoms with van der Waals surface area (Å²) in [5, 5.41) is 11.2. The van der Waals surface area contributed by atoms with Crippen molar-refractivity contribution in [1.82, 2.24) is 5.32 Å². The van der Waals surface area contributed by atoms with Crippen LogP contribution in [0.25, 0.3) is 0 Å². The van der Waals surface area contributed by atoms with Gasteiger partial charge in [-0.15, -0.1) is 0 Å². The van der Waals surface area contributed by atoms with Gasteiger partial charge >= 0.3 is 5.97 Å². The fourth-order valence-corrected chi connectivity index (χ4v) is 1.04. The van der Waals surface area contributed by atoms with Crippen LogP contribution in [-0.4, -0.2) is 28.9 Å². The number of primary amides is 1. The summed E-state index contributed by atoms with van der Waals surface area (Å²) in [7, 11) is 0. The first-order valence-corrected chi connectivity index (χ1v) is 5.20. The molecule has 0 saturated carbocycles. The summed E-state index contributed by atoms with van der Waals surface area (Å²) in [6.45, 7) is 3.55. The Balaban J connectivity index is 4.28. The Morgan fingerprint density at radius 2 is 1.94 bits per heavy atom. The van der Waals surface area contributed by atoms with E-state index >= 15 is 0 Å². The van der Waals surface area contributed by atoms with Crippen LogP contribution in [-0.2, 0) is 14.4 Å². The predicted molar refractivity (Wildman–Crippen MR) is 57.4 cm³/mol. The van der Waals surface area contributed by atoms with E-state index in [-0.39, 0.29) is 24.7 Å². The first-order valence-electron chi connectivity index (χ1n) is 5.20. The fourth-order valence-electron chi connectivity index (χ4n) is 1.04. The van der Waals surface area contributed by atoms with Crippen LogP contribution in [0.4, 0.5) is 0 Å².